The number of pyridine rings is 1. The van der Waals surface area contributed by atoms with Crippen LogP contribution in [0.1, 0.15) is 12.0 Å². The van der Waals surface area contributed by atoms with Crippen LogP contribution in [0.4, 0.5) is 0 Å². The normalized spacial score (nSPS) is 21.1. The van der Waals surface area contributed by atoms with E-state index in [0.717, 1.165) is 26.2 Å². The van der Waals surface area contributed by atoms with E-state index >= 15 is 0 Å². The van der Waals surface area contributed by atoms with Crippen LogP contribution in [0.15, 0.2) is 18.3 Å². The molecule has 0 spiro atoms. The number of hydrogen-bond acceptors (Lipinski definition) is 3. The van der Waals surface area contributed by atoms with E-state index in [1.165, 1.54) is 5.56 Å². The van der Waals surface area contributed by atoms with Gasteiger partial charge in [-0.1, -0.05) is 17.7 Å². The second-order valence-electron chi connectivity index (χ2n) is 3.92. The summed E-state index contributed by atoms with van der Waals surface area (Å²) < 4.78 is 5.36. The van der Waals surface area contributed by atoms with Crippen LogP contribution in [0.25, 0.3) is 0 Å². The van der Waals surface area contributed by atoms with Crippen LogP contribution in [0.2, 0.25) is 5.15 Å². The van der Waals surface area contributed by atoms with Crippen LogP contribution in [-0.4, -0.2) is 36.2 Å². The highest BCUT2D eigenvalue weighted by Crippen LogP contribution is 2.14. The molecule has 0 N–H and O–H groups in total. The summed E-state index contributed by atoms with van der Waals surface area (Å²) in [6.45, 7) is 2.63. The zero-order chi connectivity index (χ0) is 10.7. The van der Waals surface area contributed by atoms with Gasteiger partial charge in [0.05, 0.1) is 6.61 Å². The fourth-order valence-electron chi connectivity index (χ4n) is 1.79. The fourth-order valence-corrected chi connectivity index (χ4v) is 1.90. The van der Waals surface area contributed by atoms with E-state index < -0.39 is 0 Å². The van der Waals surface area contributed by atoms with Crippen molar-refractivity contribution in [3.8, 4) is 0 Å². The number of ether oxygens (including phenoxy) is 1. The summed E-state index contributed by atoms with van der Waals surface area (Å²) in [6.07, 6.45) is 2.95. The van der Waals surface area contributed by atoms with Gasteiger partial charge in [-0.3, -0.25) is 4.90 Å². The van der Waals surface area contributed by atoms with E-state index in [-0.39, 0.29) is 0 Å². The first-order valence-electron chi connectivity index (χ1n) is 5.14. The molecule has 2 rings (SSSR count). The number of rotatable bonds is 3. The van der Waals surface area contributed by atoms with E-state index in [2.05, 4.69) is 16.9 Å². The van der Waals surface area contributed by atoms with Gasteiger partial charge in [0.15, 0.2) is 0 Å². The Morgan fingerprint density at radius 1 is 1.60 bits per heavy atom. The van der Waals surface area contributed by atoms with Gasteiger partial charge in [-0.05, 0) is 25.1 Å². The van der Waals surface area contributed by atoms with E-state index in [9.17, 15) is 0 Å². The minimum atomic E-state index is 0.542. The Morgan fingerprint density at radius 2 is 2.47 bits per heavy atom. The lowest BCUT2D eigenvalue weighted by Crippen LogP contribution is -2.31. The van der Waals surface area contributed by atoms with Crippen LogP contribution in [0, 0.1) is 0 Å². The molecule has 1 fully saturated rings. The summed E-state index contributed by atoms with van der Waals surface area (Å²) in [4.78, 5) is 6.37. The van der Waals surface area contributed by atoms with Gasteiger partial charge in [0, 0.05) is 25.4 Å². The lowest BCUT2D eigenvalue weighted by molar-refractivity contribution is 0.156. The Kier molecular flexibility index (Phi) is 3.57. The molecule has 82 valence electrons. The fraction of sp³-hybridized carbons (Fsp3) is 0.545. The third-order valence-corrected chi connectivity index (χ3v) is 2.97. The minimum absolute atomic E-state index is 0.542. The summed E-state index contributed by atoms with van der Waals surface area (Å²) in [6, 6.07) is 4.39. The average Bonchev–Trinajstić information content (AvgIpc) is 2.74. The van der Waals surface area contributed by atoms with Crippen molar-refractivity contribution in [3.63, 3.8) is 0 Å². The van der Waals surface area contributed by atoms with Crippen molar-refractivity contribution in [2.75, 3.05) is 20.3 Å². The van der Waals surface area contributed by atoms with Gasteiger partial charge < -0.3 is 4.74 Å². The third kappa shape index (κ3) is 2.91. The molecule has 4 heteroatoms. The molecule has 1 unspecified atom stereocenters. The molecule has 1 aliphatic heterocycles. The van der Waals surface area contributed by atoms with Gasteiger partial charge in [0.25, 0.3) is 0 Å². The second kappa shape index (κ2) is 4.92. The number of hydrogen-bond donors (Lipinski definition) is 0. The molecule has 0 aliphatic carbocycles. The molecule has 1 saturated heterocycles. The first kappa shape index (κ1) is 10.9. The highest BCUT2D eigenvalue weighted by atomic mass is 35.5. The standard InChI is InChI=1S/C11H15ClN2O/c1-14(10-4-5-15-8-10)7-9-2-3-11(12)13-6-9/h2-3,6,10H,4-5,7-8H2,1H3. The molecule has 1 atom stereocenters. The van der Waals surface area contributed by atoms with E-state index in [1.54, 1.807) is 0 Å². The quantitative estimate of drug-likeness (QED) is 0.737. The van der Waals surface area contributed by atoms with Gasteiger partial charge in [0.2, 0.25) is 0 Å². The van der Waals surface area contributed by atoms with Crippen LogP contribution in [0.3, 0.4) is 0 Å². The first-order chi connectivity index (χ1) is 7.25. The Morgan fingerprint density at radius 3 is 3.07 bits per heavy atom. The molecule has 0 saturated carbocycles. The largest absolute Gasteiger partial charge is 0.380 e. The van der Waals surface area contributed by atoms with Crippen LogP contribution < -0.4 is 0 Å². The van der Waals surface area contributed by atoms with Crippen molar-refractivity contribution in [1.82, 2.24) is 9.88 Å². The van der Waals surface area contributed by atoms with Gasteiger partial charge in [-0.2, -0.15) is 0 Å². The van der Waals surface area contributed by atoms with Crippen molar-refractivity contribution in [2.24, 2.45) is 0 Å². The summed E-state index contributed by atoms with van der Waals surface area (Å²) in [5.41, 5.74) is 1.19. The summed E-state index contributed by atoms with van der Waals surface area (Å²) in [7, 11) is 2.12. The number of aromatic nitrogens is 1. The Balaban J connectivity index is 1.92. The van der Waals surface area contributed by atoms with Crippen LogP contribution >= 0.6 is 11.6 Å². The highest BCUT2D eigenvalue weighted by molar-refractivity contribution is 6.29. The first-order valence-corrected chi connectivity index (χ1v) is 5.52. The van der Waals surface area contributed by atoms with Crippen molar-refractivity contribution in [1.29, 1.82) is 0 Å². The van der Waals surface area contributed by atoms with Gasteiger partial charge >= 0.3 is 0 Å². The van der Waals surface area contributed by atoms with Gasteiger partial charge in [0.1, 0.15) is 5.15 Å². The van der Waals surface area contributed by atoms with Crippen molar-refractivity contribution < 1.29 is 4.74 Å². The molecule has 3 nitrogen and oxygen atoms in total. The molecule has 0 bridgehead atoms. The molecule has 1 aromatic heterocycles. The van der Waals surface area contributed by atoms with Crippen molar-refractivity contribution >= 4 is 11.6 Å². The van der Waals surface area contributed by atoms with Crippen LogP contribution in [0.5, 0.6) is 0 Å². The Bertz CT molecular complexity index is 309. The highest BCUT2D eigenvalue weighted by Gasteiger charge is 2.19. The number of halogens is 1. The summed E-state index contributed by atoms with van der Waals surface area (Å²) in [5.74, 6) is 0. The van der Waals surface area contributed by atoms with Crippen molar-refractivity contribution in [3.05, 3.63) is 29.0 Å². The maximum atomic E-state index is 5.73. The zero-order valence-electron chi connectivity index (χ0n) is 8.82. The molecular formula is C11H15ClN2O. The molecule has 0 aromatic carbocycles. The van der Waals surface area contributed by atoms with Crippen LogP contribution in [-0.2, 0) is 11.3 Å². The molecule has 1 aliphatic rings. The number of likely N-dealkylation sites (N-methyl/N-ethyl adjacent to an activating group) is 1. The third-order valence-electron chi connectivity index (χ3n) is 2.75. The molecule has 0 radical (unpaired) electrons. The molecule has 2 heterocycles. The molecular weight excluding hydrogens is 212 g/mol. The molecule has 15 heavy (non-hydrogen) atoms. The summed E-state index contributed by atoms with van der Waals surface area (Å²) in [5, 5.41) is 0.547. The maximum Gasteiger partial charge on any atom is 0.129 e. The molecule has 1 aromatic rings. The Hall–Kier alpha value is -0.640. The zero-order valence-corrected chi connectivity index (χ0v) is 9.57. The predicted molar refractivity (Wildman–Crippen MR) is 59.9 cm³/mol. The Labute approximate surface area is 95.0 Å². The lowest BCUT2D eigenvalue weighted by Gasteiger charge is -2.22. The van der Waals surface area contributed by atoms with Gasteiger partial charge in [-0.15, -0.1) is 0 Å². The topological polar surface area (TPSA) is 25.4 Å². The van der Waals surface area contributed by atoms with Crippen molar-refractivity contribution in [2.45, 2.75) is 19.0 Å². The molecule has 0 amide bonds. The van der Waals surface area contributed by atoms with E-state index in [0.29, 0.717) is 11.2 Å². The SMILES string of the molecule is CN(Cc1ccc(Cl)nc1)C1CCOC1. The number of nitrogens with zero attached hydrogens (tertiary/aromatic N) is 2. The average molecular weight is 227 g/mol. The second-order valence-corrected chi connectivity index (χ2v) is 4.31. The summed E-state index contributed by atoms with van der Waals surface area (Å²) >= 11 is 5.73. The lowest BCUT2D eigenvalue weighted by atomic mass is 10.2. The van der Waals surface area contributed by atoms with E-state index in [1.807, 2.05) is 18.3 Å². The maximum absolute atomic E-state index is 5.73. The van der Waals surface area contributed by atoms with Gasteiger partial charge in [-0.25, -0.2) is 4.98 Å². The predicted octanol–water partition coefficient (Wildman–Crippen LogP) is 1.96. The minimum Gasteiger partial charge on any atom is -0.380 e. The smallest absolute Gasteiger partial charge is 0.129 e. The van der Waals surface area contributed by atoms with E-state index in [4.69, 9.17) is 16.3 Å². The monoisotopic (exact) mass is 226 g/mol.